The second-order valence-electron chi connectivity index (χ2n) is 8.30. The van der Waals surface area contributed by atoms with Gasteiger partial charge in [0.05, 0.1) is 17.3 Å². The number of esters is 1. The summed E-state index contributed by atoms with van der Waals surface area (Å²) in [6.45, 7) is 0.231. The van der Waals surface area contributed by atoms with Crippen molar-refractivity contribution in [3.8, 4) is 5.75 Å². The SMILES string of the molecule is O=C(Oc1cccc(N2C(=O)CCCC2=O)c1)[C@H]1CC(=O)N(c2cccc3ccccc23)C1. The fourth-order valence-electron chi connectivity index (χ4n) is 4.47. The molecular formula is C26H22N2O5. The standard InChI is InChI=1S/C26H22N2O5/c29-23-12-5-13-24(30)28(23)19-8-4-9-20(15-19)33-26(32)18-14-25(31)27(16-18)22-11-3-7-17-6-1-2-10-21(17)22/h1-4,6-11,15,18H,5,12-14,16H2/t18-/m0/s1. The maximum Gasteiger partial charge on any atom is 0.316 e. The van der Waals surface area contributed by atoms with Gasteiger partial charge in [-0.2, -0.15) is 0 Å². The van der Waals surface area contributed by atoms with E-state index >= 15 is 0 Å². The van der Waals surface area contributed by atoms with Gasteiger partial charge in [0, 0.05) is 37.3 Å². The van der Waals surface area contributed by atoms with Crippen LogP contribution in [-0.2, 0) is 19.2 Å². The average Bonchev–Trinajstić information content (AvgIpc) is 3.20. The van der Waals surface area contributed by atoms with Crippen molar-refractivity contribution in [1.82, 2.24) is 0 Å². The number of piperidine rings is 1. The highest BCUT2D eigenvalue weighted by Crippen LogP contribution is 2.33. The molecule has 166 valence electrons. The maximum absolute atomic E-state index is 12.9. The fourth-order valence-corrected chi connectivity index (χ4v) is 4.47. The van der Waals surface area contributed by atoms with Gasteiger partial charge in [-0.05, 0) is 30.0 Å². The lowest BCUT2D eigenvalue weighted by atomic mass is 10.1. The quantitative estimate of drug-likeness (QED) is 0.348. The molecule has 0 bridgehead atoms. The minimum Gasteiger partial charge on any atom is -0.426 e. The Labute approximate surface area is 190 Å². The van der Waals surface area contributed by atoms with Crippen molar-refractivity contribution in [2.24, 2.45) is 5.92 Å². The van der Waals surface area contributed by atoms with Crippen LogP contribution in [-0.4, -0.2) is 30.2 Å². The van der Waals surface area contributed by atoms with Crippen LogP contribution in [0, 0.1) is 5.92 Å². The number of ether oxygens (including phenoxy) is 1. The zero-order valence-corrected chi connectivity index (χ0v) is 17.9. The minimum atomic E-state index is -0.613. The second-order valence-corrected chi connectivity index (χ2v) is 8.30. The molecule has 3 amide bonds. The highest BCUT2D eigenvalue weighted by atomic mass is 16.5. The number of hydrogen-bond acceptors (Lipinski definition) is 5. The molecule has 0 aliphatic carbocycles. The highest BCUT2D eigenvalue weighted by molar-refractivity contribution is 6.16. The lowest BCUT2D eigenvalue weighted by Crippen LogP contribution is -2.40. The van der Waals surface area contributed by atoms with E-state index in [-0.39, 0.29) is 36.4 Å². The predicted octanol–water partition coefficient (Wildman–Crippen LogP) is 3.84. The Hall–Kier alpha value is -4.00. The molecule has 0 N–H and O–H groups in total. The molecule has 0 spiro atoms. The summed E-state index contributed by atoms with van der Waals surface area (Å²) in [6.07, 6.45) is 1.23. The van der Waals surface area contributed by atoms with Gasteiger partial charge < -0.3 is 9.64 Å². The van der Waals surface area contributed by atoms with Gasteiger partial charge in [-0.3, -0.25) is 24.1 Å². The molecule has 2 aliphatic heterocycles. The number of carbonyl (C=O) groups excluding carboxylic acids is 4. The summed E-state index contributed by atoms with van der Waals surface area (Å²) in [7, 11) is 0. The minimum absolute atomic E-state index is 0.0604. The Bertz CT molecular complexity index is 1260. The Morgan fingerprint density at radius 1 is 0.848 bits per heavy atom. The number of rotatable bonds is 4. The van der Waals surface area contributed by atoms with Gasteiger partial charge in [0.2, 0.25) is 17.7 Å². The van der Waals surface area contributed by atoms with Crippen molar-refractivity contribution in [3.63, 3.8) is 0 Å². The number of anilines is 2. The third-order valence-electron chi connectivity index (χ3n) is 6.09. The maximum atomic E-state index is 12.9. The second kappa shape index (κ2) is 8.50. The summed E-state index contributed by atoms with van der Waals surface area (Å²) in [4.78, 5) is 52.8. The van der Waals surface area contributed by atoms with E-state index in [1.165, 1.54) is 6.07 Å². The van der Waals surface area contributed by atoms with Crippen LogP contribution in [0.4, 0.5) is 11.4 Å². The molecule has 0 saturated carbocycles. The summed E-state index contributed by atoms with van der Waals surface area (Å²) in [5.41, 5.74) is 1.16. The summed E-state index contributed by atoms with van der Waals surface area (Å²) in [5, 5.41) is 1.97. The zero-order chi connectivity index (χ0) is 22.9. The van der Waals surface area contributed by atoms with Crippen molar-refractivity contribution in [2.75, 3.05) is 16.3 Å². The van der Waals surface area contributed by atoms with E-state index in [0.717, 1.165) is 21.4 Å². The summed E-state index contributed by atoms with van der Waals surface area (Å²) < 4.78 is 5.55. The predicted molar refractivity (Wildman–Crippen MR) is 123 cm³/mol. The number of amides is 3. The molecule has 33 heavy (non-hydrogen) atoms. The Balaban J connectivity index is 1.33. The molecule has 3 aromatic rings. The number of benzene rings is 3. The summed E-state index contributed by atoms with van der Waals surface area (Å²) in [5.74, 6) is -1.55. The van der Waals surface area contributed by atoms with Crippen LogP contribution in [0.15, 0.2) is 66.7 Å². The molecule has 7 nitrogen and oxygen atoms in total. The molecule has 1 atom stereocenters. The molecule has 7 heteroatoms. The van der Waals surface area contributed by atoms with Gasteiger partial charge in [0.25, 0.3) is 0 Å². The molecular weight excluding hydrogens is 420 g/mol. The van der Waals surface area contributed by atoms with E-state index in [1.807, 2.05) is 42.5 Å². The first kappa shape index (κ1) is 20.9. The lowest BCUT2D eigenvalue weighted by molar-refractivity contribution is -0.139. The monoisotopic (exact) mass is 442 g/mol. The van der Waals surface area contributed by atoms with E-state index in [1.54, 1.807) is 23.1 Å². The van der Waals surface area contributed by atoms with Crippen LogP contribution in [0.3, 0.4) is 0 Å². The number of hydrogen-bond donors (Lipinski definition) is 0. The van der Waals surface area contributed by atoms with Gasteiger partial charge in [-0.25, -0.2) is 0 Å². The van der Waals surface area contributed by atoms with Crippen molar-refractivity contribution in [3.05, 3.63) is 66.7 Å². The number of nitrogens with zero attached hydrogens (tertiary/aromatic N) is 2. The normalized spacial score (nSPS) is 18.8. The molecule has 2 heterocycles. The van der Waals surface area contributed by atoms with Crippen LogP contribution in [0.2, 0.25) is 0 Å². The van der Waals surface area contributed by atoms with Crippen molar-refractivity contribution in [2.45, 2.75) is 25.7 Å². The fraction of sp³-hybridized carbons (Fsp3) is 0.231. The van der Waals surface area contributed by atoms with Gasteiger partial charge in [-0.15, -0.1) is 0 Å². The van der Waals surface area contributed by atoms with E-state index in [4.69, 9.17) is 4.74 Å². The van der Waals surface area contributed by atoms with E-state index in [2.05, 4.69) is 0 Å². The third-order valence-corrected chi connectivity index (χ3v) is 6.09. The Morgan fingerprint density at radius 2 is 1.58 bits per heavy atom. The first-order chi connectivity index (χ1) is 16.0. The number of carbonyl (C=O) groups is 4. The van der Waals surface area contributed by atoms with Crippen LogP contribution < -0.4 is 14.5 Å². The third kappa shape index (κ3) is 3.98. The van der Waals surface area contributed by atoms with Gasteiger partial charge >= 0.3 is 5.97 Å². The number of imide groups is 1. The summed E-state index contributed by atoms with van der Waals surface area (Å²) in [6, 6.07) is 19.9. The average molecular weight is 442 g/mol. The number of fused-ring (bicyclic) bond motifs is 1. The molecule has 5 rings (SSSR count). The largest absolute Gasteiger partial charge is 0.426 e. The van der Waals surface area contributed by atoms with Crippen LogP contribution in [0.1, 0.15) is 25.7 Å². The zero-order valence-electron chi connectivity index (χ0n) is 17.9. The summed E-state index contributed by atoms with van der Waals surface area (Å²) >= 11 is 0. The molecule has 3 aromatic carbocycles. The van der Waals surface area contributed by atoms with Gasteiger partial charge in [-0.1, -0.05) is 42.5 Å². The molecule has 2 saturated heterocycles. The lowest BCUT2D eigenvalue weighted by Gasteiger charge is -2.25. The van der Waals surface area contributed by atoms with Crippen molar-refractivity contribution in [1.29, 1.82) is 0 Å². The van der Waals surface area contributed by atoms with Crippen molar-refractivity contribution < 1.29 is 23.9 Å². The van der Waals surface area contributed by atoms with E-state index in [9.17, 15) is 19.2 Å². The van der Waals surface area contributed by atoms with Crippen molar-refractivity contribution >= 4 is 45.8 Å². The van der Waals surface area contributed by atoms with Crippen LogP contribution in [0.25, 0.3) is 10.8 Å². The highest BCUT2D eigenvalue weighted by Gasteiger charge is 2.37. The molecule has 0 unspecified atom stereocenters. The smallest absolute Gasteiger partial charge is 0.316 e. The van der Waals surface area contributed by atoms with E-state index in [0.29, 0.717) is 24.9 Å². The topological polar surface area (TPSA) is 84.0 Å². The van der Waals surface area contributed by atoms with Crippen LogP contribution >= 0.6 is 0 Å². The van der Waals surface area contributed by atoms with Gasteiger partial charge in [0.15, 0.2) is 0 Å². The first-order valence-electron chi connectivity index (χ1n) is 11.0. The van der Waals surface area contributed by atoms with E-state index < -0.39 is 11.9 Å². The van der Waals surface area contributed by atoms with Gasteiger partial charge in [0.1, 0.15) is 5.75 Å². The Morgan fingerprint density at radius 3 is 2.39 bits per heavy atom. The Kier molecular flexibility index (Phi) is 5.38. The van der Waals surface area contributed by atoms with Crippen LogP contribution in [0.5, 0.6) is 5.75 Å². The molecule has 0 radical (unpaired) electrons. The molecule has 0 aromatic heterocycles. The molecule has 2 fully saturated rings. The first-order valence-corrected chi connectivity index (χ1v) is 11.0. The molecule has 2 aliphatic rings.